The van der Waals surface area contributed by atoms with Crippen molar-refractivity contribution in [3.8, 4) is 0 Å². The molecule has 0 atom stereocenters. The predicted octanol–water partition coefficient (Wildman–Crippen LogP) is 2.65. The predicted molar refractivity (Wildman–Crippen MR) is 51.5 cm³/mol. The van der Waals surface area contributed by atoms with Crippen molar-refractivity contribution in [2.75, 3.05) is 14.1 Å². The van der Waals surface area contributed by atoms with Gasteiger partial charge in [0.2, 0.25) is 0 Å². The Kier molecular flexibility index (Phi) is 3.23. The van der Waals surface area contributed by atoms with E-state index in [4.69, 9.17) is 0 Å². The maximum absolute atomic E-state index is 13.2. The van der Waals surface area contributed by atoms with Crippen LogP contribution in [0.2, 0.25) is 0 Å². The molecule has 66 valence electrons. The maximum Gasteiger partial charge on any atom is 0.128 e. The van der Waals surface area contributed by atoms with Gasteiger partial charge < -0.3 is 4.90 Å². The highest BCUT2D eigenvalue weighted by Crippen LogP contribution is 2.15. The molecular weight excluding hydrogens is 221 g/mol. The van der Waals surface area contributed by atoms with E-state index in [0.29, 0.717) is 6.54 Å². The van der Waals surface area contributed by atoms with Crippen LogP contribution in [0.15, 0.2) is 22.7 Å². The van der Waals surface area contributed by atoms with Crippen LogP contribution >= 0.6 is 15.9 Å². The minimum absolute atomic E-state index is 0.155. The summed E-state index contributed by atoms with van der Waals surface area (Å²) in [7, 11) is 3.84. The Morgan fingerprint density at radius 1 is 1.42 bits per heavy atom. The fraction of sp³-hybridized carbons (Fsp3) is 0.333. The molecule has 3 heteroatoms. The van der Waals surface area contributed by atoms with Crippen molar-refractivity contribution in [1.82, 2.24) is 4.90 Å². The van der Waals surface area contributed by atoms with Crippen LogP contribution in [0, 0.1) is 5.82 Å². The van der Waals surface area contributed by atoms with Crippen molar-refractivity contribution < 1.29 is 4.39 Å². The number of hydrogen-bond acceptors (Lipinski definition) is 1. The van der Waals surface area contributed by atoms with E-state index in [1.807, 2.05) is 25.1 Å². The zero-order chi connectivity index (χ0) is 9.14. The lowest BCUT2D eigenvalue weighted by molar-refractivity contribution is 0.392. The summed E-state index contributed by atoms with van der Waals surface area (Å²) in [6.45, 7) is 0.638. The van der Waals surface area contributed by atoms with Crippen molar-refractivity contribution in [3.05, 3.63) is 34.1 Å². The Morgan fingerprint density at radius 3 is 2.58 bits per heavy atom. The number of nitrogens with zero attached hydrogens (tertiary/aromatic N) is 1. The molecule has 0 aromatic heterocycles. The Balaban J connectivity index is 2.86. The topological polar surface area (TPSA) is 3.24 Å². The van der Waals surface area contributed by atoms with Gasteiger partial charge in [0.15, 0.2) is 0 Å². The summed E-state index contributed by atoms with van der Waals surface area (Å²) in [6.07, 6.45) is 0. The molecule has 1 nitrogen and oxygen atoms in total. The molecule has 1 rings (SSSR count). The Hall–Kier alpha value is -0.410. The third-order valence-electron chi connectivity index (χ3n) is 1.50. The average molecular weight is 232 g/mol. The molecule has 0 N–H and O–H groups in total. The van der Waals surface area contributed by atoms with Crippen LogP contribution in [0.1, 0.15) is 5.56 Å². The van der Waals surface area contributed by atoms with E-state index in [9.17, 15) is 4.39 Å². The van der Waals surface area contributed by atoms with Gasteiger partial charge >= 0.3 is 0 Å². The lowest BCUT2D eigenvalue weighted by Crippen LogP contribution is -2.11. The van der Waals surface area contributed by atoms with Crippen molar-refractivity contribution in [1.29, 1.82) is 0 Å². The summed E-state index contributed by atoms with van der Waals surface area (Å²) in [5.74, 6) is -0.155. The third-order valence-corrected chi connectivity index (χ3v) is 1.99. The van der Waals surface area contributed by atoms with Crippen LogP contribution < -0.4 is 0 Å². The average Bonchev–Trinajstić information content (AvgIpc) is 1.94. The normalized spacial score (nSPS) is 10.8. The molecule has 12 heavy (non-hydrogen) atoms. The molecule has 0 bridgehead atoms. The fourth-order valence-corrected chi connectivity index (χ4v) is 1.32. The third kappa shape index (κ3) is 2.57. The SMILES string of the molecule is CN(C)Cc1ccc(Br)cc1F. The lowest BCUT2D eigenvalue weighted by Gasteiger charge is -2.10. The highest BCUT2D eigenvalue weighted by atomic mass is 79.9. The molecule has 0 radical (unpaired) electrons. The van der Waals surface area contributed by atoms with Crippen LogP contribution in [0.3, 0.4) is 0 Å². The highest BCUT2D eigenvalue weighted by molar-refractivity contribution is 9.10. The van der Waals surface area contributed by atoms with Gasteiger partial charge in [-0.25, -0.2) is 4.39 Å². The number of hydrogen-bond donors (Lipinski definition) is 0. The molecule has 0 saturated carbocycles. The van der Waals surface area contributed by atoms with Crippen molar-refractivity contribution in [2.24, 2.45) is 0 Å². The second kappa shape index (κ2) is 4.01. The van der Waals surface area contributed by atoms with Crippen LogP contribution in [-0.2, 0) is 6.54 Å². The highest BCUT2D eigenvalue weighted by Gasteiger charge is 2.02. The summed E-state index contributed by atoms with van der Waals surface area (Å²) in [4.78, 5) is 1.94. The van der Waals surface area contributed by atoms with Gasteiger partial charge in [-0.3, -0.25) is 0 Å². The molecule has 0 aliphatic rings. The number of halogens is 2. The molecular formula is C9H11BrFN. The number of rotatable bonds is 2. The van der Waals surface area contributed by atoms with E-state index in [2.05, 4.69) is 15.9 Å². The van der Waals surface area contributed by atoms with Gasteiger partial charge in [-0.1, -0.05) is 22.0 Å². The molecule has 0 saturated heterocycles. The maximum atomic E-state index is 13.2. The zero-order valence-electron chi connectivity index (χ0n) is 7.14. The molecule has 1 aromatic carbocycles. The van der Waals surface area contributed by atoms with Gasteiger partial charge in [0.05, 0.1) is 0 Å². The van der Waals surface area contributed by atoms with E-state index < -0.39 is 0 Å². The Bertz CT molecular complexity index is 273. The van der Waals surface area contributed by atoms with E-state index in [1.165, 1.54) is 6.07 Å². The summed E-state index contributed by atoms with van der Waals surface area (Å²) in [5, 5.41) is 0. The minimum Gasteiger partial charge on any atom is -0.305 e. The Labute approximate surface area is 80.3 Å². The summed E-state index contributed by atoms with van der Waals surface area (Å²) in [6, 6.07) is 5.13. The summed E-state index contributed by atoms with van der Waals surface area (Å²) >= 11 is 3.21. The first-order valence-electron chi connectivity index (χ1n) is 3.68. The van der Waals surface area contributed by atoms with Gasteiger partial charge in [-0.15, -0.1) is 0 Å². The standard InChI is InChI=1S/C9H11BrFN/c1-12(2)6-7-3-4-8(10)5-9(7)11/h3-5H,6H2,1-2H3. The first-order chi connectivity index (χ1) is 5.59. The molecule has 0 fully saturated rings. The van der Waals surface area contributed by atoms with Crippen LogP contribution in [0.4, 0.5) is 4.39 Å². The quantitative estimate of drug-likeness (QED) is 0.757. The second-order valence-corrected chi connectivity index (χ2v) is 3.89. The van der Waals surface area contributed by atoms with Crippen LogP contribution in [-0.4, -0.2) is 19.0 Å². The van der Waals surface area contributed by atoms with Crippen molar-refractivity contribution in [3.63, 3.8) is 0 Å². The van der Waals surface area contributed by atoms with Gasteiger partial charge in [0, 0.05) is 16.6 Å². The first kappa shape index (κ1) is 9.68. The Morgan fingerprint density at radius 2 is 2.08 bits per heavy atom. The first-order valence-corrected chi connectivity index (χ1v) is 4.47. The number of benzene rings is 1. The van der Waals surface area contributed by atoms with Gasteiger partial charge in [-0.05, 0) is 26.2 Å². The smallest absolute Gasteiger partial charge is 0.128 e. The van der Waals surface area contributed by atoms with Crippen LogP contribution in [0.5, 0.6) is 0 Å². The van der Waals surface area contributed by atoms with Crippen molar-refractivity contribution in [2.45, 2.75) is 6.54 Å². The van der Waals surface area contributed by atoms with Gasteiger partial charge in [0.25, 0.3) is 0 Å². The largest absolute Gasteiger partial charge is 0.305 e. The molecule has 1 aromatic rings. The summed E-state index contributed by atoms with van der Waals surface area (Å²) < 4.78 is 13.9. The monoisotopic (exact) mass is 231 g/mol. The second-order valence-electron chi connectivity index (χ2n) is 2.97. The molecule has 0 aliphatic heterocycles. The van der Waals surface area contributed by atoms with E-state index >= 15 is 0 Å². The summed E-state index contributed by atoms with van der Waals surface area (Å²) in [5.41, 5.74) is 0.725. The molecule has 0 heterocycles. The molecule has 0 aliphatic carbocycles. The molecule has 0 unspecified atom stereocenters. The minimum atomic E-state index is -0.155. The van der Waals surface area contributed by atoms with E-state index in [0.717, 1.165) is 10.0 Å². The van der Waals surface area contributed by atoms with E-state index in [-0.39, 0.29) is 5.82 Å². The van der Waals surface area contributed by atoms with Gasteiger partial charge in [-0.2, -0.15) is 0 Å². The molecule has 0 amide bonds. The van der Waals surface area contributed by atoms with Crippen molar-refractivity contribution >= 4 is 15.9 Å². The fourth-order valence-electron chi connectivity index (χ4n) is 0.991. The van der Waals surface area contributed by atoms with Crippen LogP contribution in [0.25, 0.3) is 0 Å². The lowest BCUT2D eigenvalue weighted by atomic mass is 10.2. The zero-order valence-corrected chi connectivity index (χ0v) is 8.73. The van der Waals surface area contributed by atoms with E-state index in [1.54, 1.807) is 6.07 Å². The van der Waals surface area contributed by atoms with Gasteiger partial charge in [0.1, 0.15) is 5.82 Å². The molecule has 0 spiro atoms.